The van der Waals surface area contributed by atoms with Gasteiger partial charge in [0.1, 0.15) is 11.2 Å². The molecular formula is C7H12O2S. The zero-order valence-corrected chi connectivity index (χ0v) is 6.95. The number of hydrogen-bond acceptors (Lipinski definition) is 3. The maximum atomic E-state index is 10.5. The molecule has 0 spiro atoms. The second-order valence-electron chi connectivity index (χ2n) is 2.46. The van der Waals surface area contributed by atoms with Crippen LogP contribution < -0.4 is 0 Å². The Bertz CT molecular complexity index is 119. The molecule has 0 amide bonds. The highest BCUT2D eigenvalue weighted by Gasteiger charge is 2.15. The number of ketones is 1. The summed E-state index contributed by atoms with van der Waals surface area (Å²) < 4.78 is 5.31. The molecule has 1 unspecified atom stereocenters. The summed E-state index contributed by atoms with van der Waals surface area (Å²) in [6.07, 6.45) is 2.26. The van der Waals surface area contributed by atoms with Crippen LogP contribution in [-0.2, 0) is 9.53 Å². The Balaban J connectivity index is 2.07. The highest BCUT2D eigenvalue weighted by molar-refractivity contribution is 8.00. The molecule has 0 aromatic rings. The number of ether oxygens (including phenoxy) is 1. The number of carbonyl (C=O) groups is 1. The molecule has 0 bridgehead atoms. The van der Waals surface area contributed by atoms with Gasteiger partial charge in [-0.2, -0.15) is 0 Å². The van der Waals surface area contributed by atoms with Crippen molar-refractivity contribution in [2.45, 2.75) is 25.2 Å². The quantitative estimate of drug-likeness (QED) is 0.625. The fraction of sp³-hybridized carbons (Fsp3) is 0.857. The van der Waals surface area contributed by atoms with E-state index in [0.717, 1.165) is 19.4 Å². The second-order valence-corrected chi connectivity index (χ2v) is 3.60. The predicted octanol–water partition coefficient (Wildman–Crippen LogP) is 1.45. The van der Waals surface area contributed by atoms with Crippen molar-refractivity contribution >= 4 is 17.5 Å². The standard InChI is InChI=1S/C7H12O2S/c1-6(8)5-10-7-3-2-4-9-7/h7H,2-5H2,1H3. The van der Waals surface area contributed by atoms with E-state index in [1.54, 1.807) is 18.7 Å². The van der Waals surface area contributed by atoms with E-state index in [-0.39, 0.29) is 5.78 Å². The van der Waals surface area contributed by atoms with E-state index in [4.69, 9.17) is 4.74 Å². The average molecular weight is 160 g/mol. The van der Waals surface area contributed by atoms with Crippen molar-refractivity contribution in [3.05, 3.63) is 0 Å². The van der Waals surface area contributed by atoms with Crippen molar-refractivity contribution in [3.63, 3.8) is 0 Å². The van der Waals surface area contributed by atoms with Crippen LogP contribution in [0.25, 0.3) is 0 Å². The van der Waals surface area contributed by atoms with Crippen LogP contribution in [0.5, 0.6) is 0 Å². The summed E-state index contributed by atoms with van der Waals surface area (Å²) in [5.41, 5.74) is 0.295. The molecule has 1 aliphatic rings. The first-order valence-corrected chi connectivity index (χ1v) is 4.56. The maximum absolute atomic E-state index is 10.5. The molecule has 1 rings (SSSR count). The molecule has 0 saturated carbocycles. The fourth-order valence-electron chi connectivity index (χ4n) is 0.890. The van der Waals surface area contributed by atoms with Gasteiger partial charge in [0.05, 0.1) is 5.75 Å². The average Bonchev–Trinajstić information content (AvgIpc) is 2.34. The predicted molar refractivity (Wildman–Crippen MR) is 42.1 cm³/mol. The van der Waals surface area contributed by atoms with Gasteiger partial charge in [-0.05, 0) is 19.8 Å². The van der Waals surface area contributed by atoms with Gasteiger partial charge in [-0.25, -0.2) is 0 Å². The summed E-state index contributed by atoms with van der Waals surface area (Å²) in [5, 5.41) is 0. The van der Waals surface area contributed by atoms with Crippen LogP contribution >= 0.6 is 11.8 Å². The van der Waals surface area contributed by atoms with E-state index >= 15 is 0 Å². The van der Waals surface area contributed by atoms with Gasteiger partial charge in [0.15, 0.2) is 0 Å². The number of hydrogen-bond donors (Lipinski definition) is 0. The summed E-state index contributed by atoms with van der Waals surface area (Å²) in [6.45, 7) is 2.48. The zero-order chi connectivity index (χ0) is 7.40. The van der Waals surface area contributed by atoms with Gasteiger partial charge in [0.2, 0.25) is 0 Å². The van der Waals surface area contributed by atoms with Gasteiger partial charge in [0.25, 0.3) is 0 Å². The summed E-state index contributed by atoms with van der Waals surface area (Å²) in [7, 11) is 0. The monoisotopic (exact) mass is 160 g/mol. The van der Waals surface area contributed by atoms with Crippen LogP contribution in [0.2, 0.25) is 0 Å². The lowest BCUT2D eigenvalue weighted by atomic mass is 10.4. The van der Waals surface area contributed by atoms with Crippen molar-refractivity contribution in [1.29, 1.82) is 0 Å². The highest BCUT2D eigenvalue weighted by Crippen LogP contribution is 2.23. The lowest BCUT2D eigenvalue weighted by Crippen LogP contribution is -2.03. The normalized spacial score (nSPS) is 25.1. The molecule has 10 heavy (non-hydrogen) atoms. The molecule has 58 valence electrons. The summed E-state index contributed by atoms with van der Waals surface area (Å²) in [5.74, 6) is 0.838. The lowest BCUT2D eigenvalue weighted by molar-refractivity contribution is -0.114. The van der Waals surface area contributed by atoms with Gasteiger partial charge < -0.3 is 4.74 Å². The van der Waals surface area contributed by atoms with E-state index in [1.165, 1.54) is 0 Å². The van der Waals surface area contributed by atoms with Gasteiger partial charge in [-0.1, -0.05) is 0 Å². The zero-order valence-electron chi connectivity index (χ0n) is 6.13. The van der Waals surface area contributed by atoms with E-state index in [9.17, 15) is 4.79 Å². The van der Waals surface area contributed by atoms with Gasteiger partial charge in [-0.15, -0.1) is 11.8 Å². The molecule has 1 aliphatic heterocycles. The van der Waals surface area contributed by atoms with Crippen molar-refractivity contribution in [1.82, 2.24) is 0 Å². The molecule has 0 aromatic heterocycles. The minimum absolute atomic E-state index is 0.237. The molecule has 1 saturated heterocycles. The first-order valence-electron chi connectivity index (χ1n) is 3.51. The van der Waals surface area contributed by atoms with Crippen molar-refractivity contribution in [2.24, 2.45) is 0 Å². The van der Waals surface area contributed by atoms with E-state index in [2.05, 4.69) is 0 Å². The lowest BCUT2D eigenvalue weighted by Gasteiger charge is -2.05. The molecule has 1 atom stereocenters. The summed E-state index contributed by atoms with van der Waals surface area (Å²) in [4.78, 5) is 10.5. The fourth-order valence-corrected chi connectivity index (χ4v) is 1.84. The molecule has 0 aromatic carbocycles. The van der Waals surface area contributed by atoms with Crippen LogP contribution in [0.15, 0.2) is 0 Å². The van der Waals surface area contributed by atoms with Gasteiger partial charge >= 0.3 is 0 Å². The Hall–Kier alpha value is -0.0200. The second kappa shape index (κ2) is 3.98. The molecule has 0 radical (unpaired) electrons. The Kier molecular flexibility index (Phi) is 3.22. The third-order valence-electron chi connectivity index (χ3n) is 1.36. The van der Waals surface area contributed by atoms with Crippen LogP contribution in [0.1, 0.15) is 19.8 Å². The van der Waals surface area contributed by atoms with E-state index in [0.29, 0.717) is 11.2 Å². The third-order valence-corrected chi connectivity index (χ3v) is 2.68. The summed E-state index contributed by atoms with van der Waals surface area (Å²) >= 11 is 1.62. The van der Waals surface area contributed by atoms with Crippen LogP contribution in [0.3, 0.4) is 0 Å². The number of carbonyl (C=O) groups excluding carboxylic acids is 1. The van der Waals surface area contributed by atoms with Crippen molar-refractivity contribution in [3.8, 4) is 0 Å². The molecule has 3 heteroatoms. The Morgan fingerprint density at radius 3 is 3.10 bits per heavy atom. The number of thioether (sulfide) groups is 1. The molecule has 0 aliphatic carbocycles. The smallest absolute Gasteiger partial charge is 0.139 e. The Morgan fingerprint density at radius 2 is 2.60 bits per heavy atom. The summed E-state index contributed by atoms with van der Waals surface area (Å²) in [6, 6.07) is 0. The van der Waals surface area contributed by atoms with E-state index < -0.39 is 0 Å². The first-order chi connectivity index (χ1) is 4.79. The topological polar surface area (TPSA) is 26.3 Å². The van der Waals surface area contributed by atoms with Crippen LogP contribution in [-0.4, -0.2) is 23.6 Å². The van der Waals surface area contributed by atoms with Crippen molar-refractivity contribution < 1.29 is 9.53 Å². The Morgan fingerprint density at radius 1 is 1.80 bits per heavy atom. The molecule has 1 heterocycles. The molecule has 0 N–H and O–H groups in total. The number of Topliss-reactive ketones (excluding diaryl/α,β-unsaturated/α-hetero) is 1. The highest BCUT2D eigenvalue weighted by atomic mass is 32.2. The number of rotatable bonds is 3. The Labute approximate surface area is 65.3 Å². The van der Waals surface area contributed by atoms with E-state index in [1.807, 2.05) is 0 Å². The molecule has 2 nitrogen and oxygen atoms in total. The largest absolute Gasteiger partial charge is 0.368 e. The molecular weight excluding hydrogens is 148 g/mol. The van der Waals surface area contributed by atoms with Crippen LogP contribution in [0, 0.1) is 0 Å². The maximum Gasteiger partial charge on any atom is 0.139 e. The van der Waals surface area contributed by atoms with Gasteiger partial charge in [-0.3, -0.25) is 4.79 Å². The first kappa shape index (κ1) is 8.08. The van der Waals surface area contributed by atoms with Crippen molar-refractivity contribution in [2.75, 3.05) is 12.4 Å². The SMILES string of the molecule is CC(=O)CSC1CCCO1. The van der Waals surface area contributed by atoms with Crippen LogP contribution in [0.4, 0.5) is 0 Å². The van der Waals surface area contributed by atoms with Gasteiger partial charge in [0, 0.05) is 6.61 Å². The third kappa shape index (κ3) is 2.71. The minimum atomic E-state index is 0.237. The minimum Gasteiger partial charge on any atom is -0.368 e. The molecule has 1 fully saturated rings.